The highest BCUT2D eigenvalue weighted by molar-refractivity contribution is 5.96. The molecule has 0 N–H and O–H groups in total. The second-order valence-corrected chi connectivity index (χ2v) is 6.43. The first kappa shape index (κ1) is 18.6. The third kappa shape index (κ3) is 3.81. The van der Waals surface area contributed by atoms with Crippen LogP contribution in [0.3, 0.4) is 0 Å². The summed E-state index contributed by atoms with van der Waals surface area (Å²) in [5, 5.41) is 4.43. The van der Waals surface area contributed by atoms with Gasteiger partial charge in [-0.15, -0.1) is 0 Å². The molecule has 0 spiro atoms. The van der Waals surface area contributed by atoms with Crippen LogP contribution in [0.4, 0.5) is 5.69 Å². The van der Waals surface area contributed by atoms with E-state index in [9.17, 15) is 4.79 Å². The third-order valence-electron chi connectivity index (χ3n) is 4.13. The van der Waals surface area contributed by atoms with E-state index in [2.05, 4.69) is 15.1 Å². The highest BCUT2D eigenvalue weighted by atomic mass is 16.5. The lowest BCUT2D eigenvalue weighted by Crippen LogP contribution is -2.12. The van der Waals surface area contributed by atoms with Crippen molar-refractivity contribution in [3.05, 3.63) is 53.5 Å². The van der Waals surface area contributed by atoms with E-state index in [4.69, 9.17) is 4.74 Å². The van der Waals surface area contributed by atoms with Crippen molar-refractivity contribution in [1.29, 1.82) is 0 Å². The van der Waals surface area contributed by atoms with E-state index in [0.717, 1.165) is 22.6 Å². The fourth-order valence-corrected chi connectivity index (χ4v) is 2.80. The molecule has 2 heterocycles. The Bertz CT molecular complexity index is 961. The maximum absolute atomic E-state index is 12.4. The summed E-state index contributed by atoms with van der Waals surface area (Å²) in [6, 6.07) is 9.79. The summed E-state index contributed by atoms with van der Waals surface area (Å²) in [7, 11) is 3.95. The predicted molar refractivity (Wildman–Crippen MR) is 104 cm³/mol. The number of esters is 1. The largest absolute Gasteiger partial charge is 0.462 e. The van der Waals surface area contributed by atoms with Gasteiger partial charge < -0.3 is 9.64 Å². The number of hydrogen-bond donors (Lipinski definition) is 0. The fourth-order valence-electron chi connectivity index (χ4n) is 2.80. The monoisotopic (exact) mass is 365 g/mol. The van der Waals surface area contributed by atoms with Gasteiger partial charge in [-0.1, -0.05) is 12.1 Å². The number of anilines is 1. The van der Waals surface area contributed by atoms with Crippen LogP contribution in [-0.2, 0) is 4.74 Å². The summed E-state index contributed by atoms with van der Waals surface area (Å²) in [6.45, 7) is 5.91. The number of nitrogens with zero attached hydrogens (tertiary/aromatic N) is 5. The van der Waals surface area contributed by atoms with Gasteiger partial charge in [-0.25, -0.2) is 19.4 Å². The van der Waals surface area contributed by atoms with Gasteiger partial charge >= 0.3 is 5.97 Å². The quantitative estimate of drug-likeness (QED) is 0.647. The molecule has 0 unspecified atom stereocenters. The first-order valence-corrected chi connectivity index (χ1v) is 8.76. The van der Waals surface area contributed by atoms with Crippen LogP contribution in [-0.4, -0.2) is 46.4 Å². The Kier molecular flexibility index (Phi) is 5.21. The summed E-state index contributed by atoms with van der Waals surface area (Å²) in [6.07, 6.45) is 1.51. The lowest BCUT2D eigenvalue weighted by Gasteiger charge is -2.14. The van der Waals surface area contributed by atoms with Gasteiger partial charge in [-0.2, -0.15) is 5.10 Å². The predicted octanol–water partition coefficient (Wildman–Crippen LogP) is 3.19. The maximum atomic E-state index is 12.4. The molecule has 0 bridgehead atoms. The Labute approximate surface area is 158 Å². The van der Waals surface area contributed by atoms with Crippen LogP contribution in [0.15, 0.2) is 36.5 Å². The number of rotatable bonds is 5. The summed E-state index contributed by atoms with van der Waals surface area (Å²) < 4.78 is 6.84. The Morgan fingerprint density at radius 3 is 2.44 bits per heavy atom. The minimum atomic E-state index is -0.441. The second kappa shape index (κ2) is 7.57. The van der Waals surface area contributed by atoms with E-state index in [1.165, 1.54) is 6.20 Å². The van der Waals surface area contributed by atoms with E-state index in [0.29, 0.717) is 17.2 Å². The number of aromatic nitrogens is 4. The van der Waals surface area contributed by atoms with Crippen LogP contribution < -0.4 is 4.90 Å². The molecular formula is C20H23N5O2. The molecule has 0 amide bonds. The van der Waals surface area contributed by atoms with Gasteiger partial charge in [0.2, 0.25) is 0 Å². The average molecular weight is 365 g/mol. The van der Waals surface area contributed by atoms with Crippen molar-refractivity contribution in [3.8, 4) is 17.2 Å². The number of ether oxygens (including phenoxy) is 1. The minimum absolute atomic E-state index is 0.289. The van der Waals surface area contributed by atoms with E-state index < -0.39 is 5.97 Å². The number of hydrogen-bond acceptors (Lipinski definition) is 6. The number of aryl methyl sites for hydroxylation is 2. The Balaban J connectivity index is 2.13. The summed E-state index contributed by atoms with van der Waals surface area (Å²) in [5.41, 5.74) is 4.53. The lowest BCUT2D eigenvalue weighted by molar-refractivity contribution is 0.0526. The van der Waals surface area contributed by atoms with Crippen molar-refractivity contribution < 1.29 is 9.53 Å². The minimum Gasteiger partial charge on any atom is -0.462 e. The average Bonchev–Trinajstić information content (AvgIpc) is 2.99. The molecule has 140 valence electrons. The first-order valence-electron chi connectivity index (χ1n) is 8.76. The zero-order valence-corrected chi connectivity index (χ0v) is 16.2. The zero-order valence-electron chi connectivity index (χ0n) is 16.2. The third-order valence-corrected chi connectivity index (χ3v) is 4.13. The second-order valence-electron chi connectivity index (χ2n) is 6.43. The Morgan fingerprint density at radius 2 is 1.89 bits per heavy atom. The molecule has 1 aromatic carbocycles. The van der Waals surface area contributed by atoms with E-state index in [1.54, 1.807) is 11.6 Å². The van der Waals surface area contributed by atoms with Crippen molar-refractivity contribution in [3.63, 3.8) is 0 Å². The topological polar surface area (TPSA) is 73.1 Å². The van der Waals surface area contributed by atoms with Crippen molar-refractivity contribution in [2.75, 3.05) is 25.6 Å². The zero-order chi connectivity index (χ0) is 19.6. The van der Waals surface area contributed by atoms with Crippen LogP contribution in [0.2, 0.25) is 0 Å². The molecule has 0 saturated heterocycles. The van der Waals surface area contributed by atoms with Crippen LogP contribution >= 0.6 is 0 Å². The molecule has 0 saturated carbocycles. The summed E-state index contributed by atoms with van der Waals surface area (Å²) in [4.78, 5) is 23.4. The van der Waals surface area contributed by atoms with E-state index in [-0.39, 0.29) is 6.61 Å². The van der Waals surface area contributed by atoms with Gasteiger partial charge in [0.05, 0.1) is 18.0 Å². The first-order chi connectivity index (χ1) is 12.9. The maximum Gasteiger partial charge on any atom is 0.341 e. The van der Waals surface area contributed by atoms with Gasteiger partial charge in [0.25, 0.3) is 5.95 Å². The van der Waals surface area contributed by atoms with E-state index >= 15 is 0 Å². The molecule has 0 radical (unpaired) electrons. The number of benzene rings is 1. The smallest absolute Gasteiger partial charge is 0.341 e. The van der Waals surface area contributed by atoms with Crippen molar-refractivity contribution in [1.82, 2.24) is 19.7 Å². The highest BCUT2D eigenvalue weighted by Gasteiger charge is 2.19. The Hall–Kier alpha value is -3.22. The normalized spacial score (nSPS) is 10.7. The molecule has 3 aromatic rings. The fraction of sp³-hybridized carbons (Fsp3) is 0.300. The van der Waals surface area contributed by atoms with Crippen LogP contribution in [0, 0.1) is 13.8 Å². The van der Waals surface area contributed by atoms with Gasteiger partial charge in [-0.3, -0.25) is 0 Å². The number of carbonyl (C=O) groups is 1. The van der Waals surface area contributed by atoms with Crippen LogP contribution in [0.5, 0.6) is 0 Å². The molecule has 3 rings (SSSR count). The van der Waals surface area contributed by atoms with Crippen molar-refractivity contribution in [2.24, 2.45) is 0 Å². The SMILES string of the molecule is CCOC(=O)c1cnc(-n2nc(C)cc2C)nc1-c1ccc(N(C)C)cc1. The number of carbonyl (C=O) groups excluding carboxylic acids is 1. The molecule has 27 heavy (non-hydrogen) atoms. The van der Waals surface area contributed by atoms with Crippen LogP contribution in [0.25, 0.3) is 17.2 Å². The van der Waals surface area contributed by atoms with Gasteiger partial charge in [0, 0.05) is 37.2 Å². The molecule has 0 aliphatic carbocycles. The summed E-state index contributed by atoms with van der Waals surface area (Å²) in [5.74, 6) is -0.0237. The molecular weight excluding hydrogens is 342 g/mol. The van der Waals surface area contributed by atoms with E-state index in [1.807, 2.05) is 63.2 Å². The van der Waals surface area contributed by atoms with Gasteiger partial charge in [0.1, 0.15) is 5.56 Å². The van der Waals surface area contributed by atoms with Crippen molar-refractivity contribution >= 4 is 11.7 Å². The lowest BCUT2D eigenvalue weighted by atomic mass is 10.1. The van der Waals surface area contributed by atoms with Crippen molar-refractivity contribution in [2.45, 2.75) is 20.8 Å². The molecule has 0 aliphatic heterocycles. The standard InChI is InChI=1S/C20H23N5O2/c1-6-27-19(26)17-12-21-20(25-14(3)11-13(2)23-25)22-18(17)15-7-9-16(10-8-15)24(4)5/h7-12H,6H2,1-5H3. The molecule has 7 heteroatoms. The Morgan fingerprint density at radius 1 is 1.19 bits per heavy atom. The molecule has 0 atom stereocenters. The molecule has 0 fully saturated rings. The molecule has 7 nitrogen and oxygen atoms in total. The van der Waals surface area contributed by atoms with Gasteiger partial charge in [0.15, 0.2) is 0 Å². The van der Waals surface area contributed by atoms with Gasteiger partial charge in [-0.05, 0) is 39.0 Å². The highest BCUT2D eigenvalue weighted by Crippen LogP contribution is 2.25. The summed E-state index contributed by atoms with van der Waals surface area (Å²) >= 11 is 0. The molecule has 0 aliphatic rings. The van der Waals surface area contributed by atoms with Crippen LogP contribution in [0.1, 0.15) is 28.7 Å². The molecule has 2 aromatic heterocycles.